The van der Waals surface area contributed by atoms with Gasteiger partial charge in [-0.05, 0) is 36.8 Å². The van der Waals surface area contributed by atoms with Crippen molar-refractivity contribution < 1.29 is 19.1 Å². The van der Waals surface area contributed by atoms with Crippen molar-refractivity contribution in [3.63, 3.8) is 0 Å². The van der Waals surface area contributed by atoms with Gasteiger partial charge in [-0.3, -0.25) is 9.59 Å². The normalized spacial score (nSPS) is 11.9. The van der Waals surface area contributed by atoms with Crippen LogP contribution >= 0.6 is 0 Å². The van der Waals surface area contributed by atoms with E-state index in [2.05, 4.69) is 0 Å². The van der Waals surface area contributed by atoms with E-state index < -0.39 is 0 Å². The molecule has 1 aliphatic rings. The minimum Gasteiger partial charge on any atom is -0.454 e. The molecule has 6 heteroatoms. The largest absolute Gasteiger partial charge is 0.454 e. The van der Waals surface area contributed by atoms with Gasteiger partial charge in [-0.2, -0.15) is 0 Å². The Labute approximate surface area is 159 Å². The fraction of sp³-hybridized carbons (Fsp3) is 0.333. The molecule has 2 amide bonds. The Balaban J connectivity index is 1.62. The first-order valence-electron chi connectivity index (χ1n) is 9.08. The van der Waals surface area contributed by atoms with Crippen molar-refractivity contribution in [3.05, 3.63) is 54.1 Å². The second kappa shape index (κ2) is 8.58. The van der Waals surface area contributed by atoms with Crippen LogP contribution in [-0.4, -0.2) is 36.6 Å². The first-order chi connectivity index (χ1) is 13.1. The molecule has 0 saturated heterocycles. The van der Waals surface area contributed by atoms with E-state index in [0.29, 0.717) is 31.1 Å². The molecule has 142 valence electrons. The van der Waals surface area contributed by atoms with Crippen molar-refractivity contribution in [2.45, 2.75) is 26.8 Å². The molecule has 1 heterocycles. The summed E-state index contributed by atoms with van der Waals surface area (Å²) < 4.78 is 10.7. The van der Waals surface area contributed by atoms with Gasteiger partial charge in [0, 0.05) is 38.7 Å². The molecule has 0 fully saturated rings. The maximum atomic E-state index is 12.7. The van der Waals surface area contributed by atoms with Crippen LogP contribution in [0.3, 0.4) is 0 Å². The van der Waals surface area contributed by atoms with Gasteiger partial charge in [0.2, 0.25) is 18.6 Å². The lowest BCUT2D eigenvalue weighted by Gasteiger charge is -2.25. The molecule has 1 aliphatic heterocycles. The number of carbonyl (C=O) groups is 2. The summed E-state index contributed by atoms with van der Waals surface area (Å²) in [4.78, 5) is 28.1. The van der Waals surface area contributed by atoms with E-state index in [1.54, 1.807) is 9.80 Å². The number of carbonyl (C=O) groups excluding carboxylic acids is 2. The Morgan fingerprint density at radius 1 is 1.04 bits per heavy atom. The number of fused-ring (bicyclic) bond motifs is 1. The minimum atomic E-state index is -0.0665. The Kier molecular flexibility index (Phi) is 5.96. The van der Waals surface area contributed by atoms with E-state index >= 15 is 0 Å². The highest BCUT2D eigenvalue weighted by molar-refractivity contribution is 5.93. The summed E-state index contributed by atoms with van der Waals surface area (Å²) in [6, 6.07) is 15.2. The van der Waals surface area contributed by atoms with Crippen molar-refractivity contribution in [3.8, 4) is 11.5 Å². The molecule has 0 radical (unpaired) electrons. The predicted octanol–water partition coefficient (Wildman–Crippen LogP) is 3.21. The first-order valence-corrected chi connectivity index (χ1v) is 9.08. The fourth-order valence-corrected chi connectivity index (χ4v) is 3.08. The SMILES string of the molecule is CCN(C(=O)CCN(Cc1ccc2c(c1)OCO2)C(C)=O)c1ccccc1. The molecule has 2 aromatic carbocycles. The zero-order chi connectivity index (χ0) is 19.2. The van der Waals surface area contributed by atoms with Crippen LogP contribution in [0.5, 0.6) is 11.5 Å². The van der Waals surface area contributed by atoms with E-state index in [9.17, 15) is 9.59 Å². The highest BCUT2D eigenvalue weighted by Gasteiger charge is 2.18. The molecular formula is C21H24N2O4. The van der Waals surface area contributed by atoms with Gasteiger partial charge in [0.05, 0.1) is 0 Å². The van der Waals surface area contributed by atoms with Crippen LogP contribution in [0.4, 0.5) is 5.69 Å². The number of benzene rings is 2. The second-order valence-electron chi connectivity index (χ2n) is 6.35. The highest BCUT2D eigenvalue weighted by Crippen LogP contribution is 2.32. The van der Waals surface area contributed by atoms with Crippen molar-refractivity contribution in [2.24, 2.45) is 0 Å². The van der Waals surface area contributed by atoms with Gasteiger partial charge in [-0.1, -0.05) is 24.3 Å². The van der Waals surface area contributed by atoms with Crippen LogP contribution < -0.4 is 14.4 Å². The summed E-state index contributed by atoms with van der Waals surface area (Å²) in [5.41, 5.74) is 1.81. The summed E-state index contributed by atoms with van der Waals surface area (Å²) >= 11 is 0. The lowest BCUT2D eigenvalue weighted by atomic mass is 10.1. The molecule has 0 unspecified atom stereocenters. The summed E-state index contributed by atoms with van der Waals surface area (Å²) in [5, 5.41) is 0. The number of rotatable bonds is 7. The van der Waals surface area contributed by atoms with Gasteiger partial charge in [-0.15, -0.1) is 0 Å². The average Bonchev–Trinajstić information content (AvgIpc) is 3.14. The van der Waals surface area contributed by atoms with Gasteiger partial charge in [-0.25, -0.2) is 0 Å². The van der Waals surface area contributed by atoms with Crippen LogP contribution in [0.15, 0.2) is 48.5 Å². The van der Waals surface area contributed by atoms with E-state index in [-0.39, 0.29) is 25.0 Å². The van der Waals surface area contributed by atoms with Crippen LogP contribution in [0.25, 0.3) is 0 Å². The Bertz CT molecular complexity index is 807. The van der Waals surface area contributed by atoms with Crippen molar-refractivity contribution >= 4 is 17.5 Å². The first kappa shape index (κ1) is 18.8. The maximum Gasteiger partial charge on any atom is 0.231 e. The maximum absolute atomic E-state index is 12.7. The Morgan fingerprint density at radius 2 is 1.78 bits per heavy atom. The van der Waals surface area contributed by atoms with Crippen LogP contribution in [0.2, 0.25) is 0 Å². The summed E-state index contributed by atoms with van der Waals surface area (Å²) in [5.74, 6) is 1.34. The number of anilines is 1. The predicted molar refractivity (Wildman–Crippen MR) is 103 cm³/mol. The molecule has 27 heavy (non-hydrogen) atoms. The van der Waals surface area contributed by atoms with E-state index in [0.717, 1.165) is 11.3 Å². The van der Waals surface area contributed by atoms with Gasteiger partial charge in [0.25, 0.3) is 0 Å². The van der Waals surface area contributed by atoms with E-state index in [1.807, 2.05) is 55.5 Å². The number of hydrogen-bond acceptors (Lipinski definition) is 4. The third-order valence-corrected chi connectivity index (χ3v) is 4.54. The van der Waals surface area contributed by atoms with Crippen LogP contribution in [0, 0.1) is 0 Å². The Morgan fingerprint density at radius 3 is 2.48 bits per heavy atom. The number of hydrogen-bond donors (Lipinski definition) is 0. The topological polar surface area (TPSA) is 59.1 Å². The fourth-order valence-electron chi connectivity index (χ4n) is 3.08. The van der Waals surface area contributed by atoms with Crippen LogP contribution in [0.1, 0.15) is 25.8 Å². The summed E-state index contributed by atoms with van der Waals surface area (Å²) in [6.07, 6.45) is 0.271. The second-order valence-corrected chi connectivity index (χ2v) is 6.35. The molecule has 0 aliphatic carbocycles. The van der Waals surface area contributed by atoms with Crippen molar-refractivity contribution in [2.75, 3.05) is 24.8 Å². The van der Waals surface area contributed by atoms with Gasteiger partial charge >= 0.3 is 0 Å². The van der Waals surface area contributed by atoms with Gasteiger partial charge in [0.15, 0.2) is 11.5 Å². The summed E-state index contributed by atoms with van der Waals surface area (Å²) in [6.45, 7) is 5.07. The van der Waals surface area contributed by atoms with Crippen LogP contribution in [-0.2, 0) is 16.1 Å². The number of nitrogens with zero attached hydrogens (tertiary/aromatic N) is 2. The number of ether oxygens (including phenoxy) is 2. The smallest absolute Gasteiger partial charge is 0.231 e. The van der Waals surface area contributed by atoms with E-state index in [4.69, 9.17) is 9.47 Å². The van der Waals surface area contributed by atoms with Crippen molar-refractivity contribution in [1.29, 1.82) is 0 Å². The molecule has 0 N–H and O–H groups in total. The zero-order valence-electron chi connectivity index (χ0n) is 15.7. The molecule has 0 atom stereocenters. The molecule has 2 aromatic rings. The standard InChI is InChI=1S/C21H24N2O4/c1-3-23(18-7-5-4-6-8-18)21(25)11-12-22(16(2)24)14-17-9-10-19-20(13-17)27-15-26-19/h4-10,13H,3,11-12,14-15H2,1-2H3. The molecule has 0 bridgehead atoms. The molecular weight excluding hydrogens is 344 g/mol. The highest BCUT2D eigenvalue weighted by atomic mass is 16.7. The monoisotopic (exact) mass is 368 g/mol. The Hall–Kier alpha value is -3.02. The molecule has 0 aromatic heterocycles. The van der Waals surface area contributed by atoms with Gasteiger partial charge in [0.1, 0.15) is 0 Å². The molecule has 0 saturated carbocycles. The molecule has 3 rings (SSSR count). The molecule has 6 nitrogen and oxygen atoms in total. The lowest BCUT2D eigenvalue weighted by Crippen LogP contribution is -2.36. The average molecular weight is 368 g/mol. The van der Waals surface area contributed by atoms with E-state index in [1.165, 1.54) is 6.92 Å². The number of para-hydroxylation sites is 1. The third-order valence-electron chi connectivity index (χ3n) is 4.54. The summed E-state index contributed by atoms with van der Waals surface area (Å²) in [7, 11) is 0. The lowest BCUT2D eigenvalue weighted by molar-refractivity contribution is -0.130. The quantitative estimate of drug-likeness (QED) is 0.753. The zero-order valence-corrected chi connectivity index (χ0v) is 15.7. The molecule has 0 spiro atoms. The third kappa shape index (κ3) is 4.58. The number of amides is 2. The van der Waals surface area contributed by atoms with Crippen molar-refractivity contribution in [1.82, 2.24) is 4.90 Å². The minimum absolute atomic E-state index is 0.000590. The van der Waals surface area contributed by atoms with Gasteiger partial charge < -0.3 is 19.3 Å².